The average Bonchev–Trinajstić information content (AvgIpc) is 2.38. The van der Waals surface area contributed by atoms with Gasteiger partial charge in [-0.3, -0.25) is 4.79 Å². The minimum atomic E-state index is 0.149. The lowest BCUT2D eigenvalue weighted by atomic mass is 9.97. The van der Waals surface area contributed by atoms with Crippen molar-refractivity contribution >= 4 is 6.41 Å². The molecule has 0 saturated heterocycles. The normalized spacial score (nSPS) is 12.1. The van der Waals surface area contributed by atoms with Crippen LogP contribution in [0.1, 0.15) is 25.8 Å². The first-order valence-corrected chi connectivity index (χ1v) is 6.51. The van der Waals surface area contributed by atoms with E-state index >= 15 is 0 Å². The van der Waals surface area contributed by atoms with E-state index in [4.69, 9.17) is 9.47 Å². The Labute approximate surface area is 115 Å². The molecule has 1 N–H and O–H groups in total. The lowest BCUT2D eigenvalue weighted by Gasteiger charge is -2.19. The van der Waals surface area contributed by atoms with Gasteiger partial charge in [-0.25, -0.2) is 0 Å². The smallest absolute Gasteiger partial charge is 0.207 e. The van der Waals surface area contributed by atoms with Crippen LogP contribution in [-0.4, -0.2) is 26.7 Å². The number of rotatable bonds is 8. The molecule has 4 heteroatoms. The lowest BCUT2D eigenvalue weighted by Crippen LogP contribution is -2.31. The highest BCUT2D eigenvalue weighted by atomic mass is 16.5. The van der Waals surface area contributed by atoms with Gasteiger partial charge in [-0.1, -0.05) is 19.9 Å². The first-order chi connectivity index (χ1) is 9.10. The summed E-state index contributed by atoms with van der Waals surface area (Å²) in [5.74, 6) is 1.97. The van der Waals surface area contributed by atoms with Crippen molar-refractivity contribution in [2.24, 2.45) is 5.92 Å². The van der Waals surface area contributed by atoms with E-state index in [9.17, 15) is 4.79 Å². The van der Waals surface area contributed by atoms with Gasteiger partial charge >= 0.3 is 0 Å². The van der Waals surface area contributed by atoms with E-state index < -0.39 is 0 Å². The first-order valence-electron chi connectivity index (χ1n) is 6.51. The molecule has 0 aliphatic heterocycles. The lowest BCUT2D eigenvalue weighted by molar-refractivity contribution is -0.110. The summed E-state index contributed by atoms with van der Waals surface area (Å²) in [5.41, 5.74) is 1.12. The van der Waals surface area contributed by atoms with Crippen molar-refractivity contribution < 1.29 is 14.3 Å². The first kappa shape index (κ1) is 15.3. The number of hydrogen-bond donors (Lipinski definition) is 1. The number of amides is 1. The van der Waals surface area contributed by atoms with Crippen molar-refractivity contribution in [1.82, 2.24) is 5.32 Å². The van der Waals surface area contributed by atoms with Crippen molar-refractivity contribution in [1.29, 1.82) is 0 Å². The summed E-state index contributed by atoms with van der Waals surface area (Å²) in [6.45, 7) is 4.29. The highest BCUT2D eigenvalue weighted by Gasteiger charge is 2.12. The molecular weight excluding hydrogens is 242 g/mol. The van der Waals surface area contributed by atoms with Gasteiger partial charge in [0.25, 0.3) is 0 Å². The average molecular weight is 265 g/mol. The molecule has 1 amide bonds. The largest absolute Gasteiger partial charge is 0.493 e. The Kier molecular flexibility index (Phi) is 6.19. The molecule has 0 unspecified atom stereocenters. The van der Waals surface area contributed by atoms with Crippen molar-refractivity contribution in [2.45, 2.75) is 32.7 Å². The van der Waals surface area contributed by atoms with Crippen LogP contribution in [0.15, 0.2) is 18.2 Å². The van der Waals surface area contributed by atoms with Gasteiger partial charge in [-0.2, -0.15) is 0 Å². The summed E-state index contributed by atoms with van der Waals surface area (Å²) in [4.78, 5) is 10.7. The van der Waals surface area contributed by atoms with Crippen LogP contribution in [0.25, 0.3) is 0 Å². The minimum absolute atomic E-state index is 0.149. The molecule has 0 aliphatic rings. The Morgan fingerprint density at radius 2 is 1.89 bits per heavy atom. The maximum atomic E-state index is 10.7. The van der Waals surface area contributed by atoms with Gasteiger partial charge in [0.2, 0.25) is 6.41 Å². The highest BCUT2D eigenvalue weighted by Crippen LogP contribution is 2.28. The monoisotopic (exact) mass is 265 g/mol. The number of ether oxygens (including phenoxy) is 2. The summed E-state index contributed by atoms with van der Waals surface area (Å²) in [6, 6.07) is 6.00. The number of hydrogen-bond acceptors (Lipinski definition) is 3. The molecule has 0 saturated carbocycles. The Morgan fingerprint density at radius 1 is 1.21 bits per heavy atom. The molecule has 0 fully saturated rings. The molecule has 1 aromatic rings. The summed E-state index contributed by atoms with van der Waals surface area (Å²) >= 11 is 0. The van der Waals surface area contributed by atoms with Gasteiger partial charge < -0.3 is 14.8 Å². The quantitative estimate of drug-likeness (QED) is 0.734. The number of carbonyl (C=O) groups excluding carboxylic acids is 1. The van der Waals surface area contributed by atoms with Crippen molar-refractivity contribution in [2.75, 3.05) is 14.2 Å². The van der Waals surface area contributed by atoms with Gasteiger partial charge in [0.15, 0.2) is 11.5 Å². The molecule has 0 aromatic heterocycles. The molecular formula is C15H23NO3. The fourth-order valence-corrected chi connectivity index (χ4v) is 2.17. The number of carbonyl (C=O) groups is 1. The van der Waals surface area contributed by atoms with Crippen molar-refractivity contribution in [3.63, 3.8) is 0 Å². The standard InChI is InChI=1S/C15H23NO3/c1-11(2)7-13(16-10-17)8-12-5-6-14(18-3)15(9-12)19-4/h5-6,9-11,13H,7-8H2,1-4H3,(H,16,17)/t13-/m0/s1. The number of benzene rings is 1. The summed E-state index contributed by atoms with van der Waals surface area (Å²) in [6.07, 6.45) is 2.51. The van der Waals surface area contributed by atoms with E-state index in [1.165, 1.54) is 0 Å². The predicted octanol–water partition coefficient (Wildman–Crippen LogP) is 2.41. The molecule has 19 heavy (non-hydrogen) atoms. The van der Waals surface area contributed by atoms with Crippen molar-refractivity contribution in [3.05, 3.63) is 23.8 Å². The molecule has 4 nitrogen and oxygen atoms in total. The fraction of sp³-hybridized carbons (Fsp3) is 0.533. The number of nitrogens with one attached hydrogen (secondary N) is 1. The molecule has 0 heterocycles. The fourth-order valence-electron chi connectivity index (χ4n) is 2.17. The van der Waals surface area contributed by atoms with Crippen LogP contribution in [-0.2, 0) is 11.2 Å². The van der Waals surface area contributed by atoms with Gasteiger partial charge in [-0.15, -0.1) is 0 Å². The van der Waals surface area contributed by atoms with Gasteiger partial charge in [0.05, 0.1) is 14.2 Å². The van der Waals surface area contributed by atoms with Crippen LogP contribution >= 0.6 is 0 Å². The van der Waals surface area contributed by atoms with Gasteiger partial charge in [-0.05, 0) is 36.5 Å². The Balaban J connectivity index is 2.80. The van der Waals surface area contributed by atoms with E-state index in [1.54, 1.807) is 14.2 Å². The molecule has 106 valence electrons. The van der Waals surface area contributed by atoms with Crippen LogP contribution < -0.4 is 14.8 Å². The third-order valence-corrected chi connectivity index (χ3v) is 2.99. The third kappa shape index (κ3) is 4.81. The zero-order valence-electron chi connectivity index (χ0n) is 12.1. The topological polar surface area (TPSA) is 47.6 Å². The molecule has 0 radical (unpaired) electrons. The van der Waals surface area contributed by atoms with Crippen LogP contribution in [0.4, 0.5) is 0 Å². The van der Waals surface area contributed by atoms with Crippen LogP contribution in [0.5, 0.6) is 11.5 Å². The maximum Gasteiger partial charge on any atom is 0.207 e. The van der Waals surface area contributed by atoms with E-state index in [-0.39, 0.29) is 6.04 Å². The van der Waals surface area contributed by atoms with E-state index in [2.05, 4.69) is 19.2 Å². The summed E-state index contributed by atoms with van der Waals surface area (Å²) < 4.78 is 10.5. The maximum absolute atomic E-state index is 10.7. The van der Waals surface area contributed by atoms with E-state index in [1.807, 2.05) is 18.2 Å². The molecule has 1 atom stereocenters. The van der Waals surface area contributed by atoms with Crippen molar-refractivity contribution in [3.8, 4) is 11.5 Å². The Hall–Kier alpha value is -1.71. The zero-order valence-corrected chi connectivity index (χ0v) is 12.1. The van der Waals surface area contributed by atoms with Crippen LogP contribution in [0, 0.1) is 5.92 Å². The minimum Gasteiger partial charge on any atom is -0.493 e. The van der Waals surface area contributed by atoms with E-state index in [0.717, 1.165) is 36.3 Å². The summed E-state index contributed by atoms with van der Waals surface area (Å²) in [7, 11) is 3.24. The zero-order chi connectivity index (χ0) is 14.3. The SMILES string of the molecule is COc1ccc(C[C@H](CC(C)C)NC=O)cc1OC. The Morgan fingerprint density at radius 3 is 2.42 bits per heavy atom. The van der Waals surface area contributed by atoms with Crippen LogP contribution in [0.2, 0.25) is 0 Å². The second kappa shape index (κ2) is 7.67. The van der Waals surface area contributed by atoms with Gasteiger partial charge in [0, 0.05) is 6.04 Å². The summed E-state index contributed by atoms with van der Waals surface area (Å²) in [5, 5.41) is 2.88. The molecule has 0 bridgehead atoms. The highest BCUT2D eigenvalue weighted by molar-refractivity contribution is 5.47. The second-order valence-corrected chi connectivity index (χ2v) is 5.00. The predicted molar refractivity (Wildman–Crippen MR) is 75.7 cm³/mol. The molecule has 0 aliphatic carbocycles. The van der Waals surface area contributed by atoms with E-state index in [0.29, 0.717) is 5.92 Å². The third-order valence-electron chi connectivity index (χ3n) is 2.99. The second-order valence-electron chi connectivity index (χ2n) is 5.00. The molecule has 1 rings (SSSR count). The molecule has 1 aromatic carbocycles. The van der Waals surface area contributed by atoms with Gasteiger partial charge in [0.1, 0.15) is 0 Å². The molecule has 0 spiro atoms. The van der Waals surface area contributed by atoms with Crippen LogP contribution in [0.3, 0.4) is 0 Å². The number of methoxy groups -OCH3 is 2. The Bertz CT molecular complexity index is 404.